The molecule has 3 heteroatoms. The van der Waals surface area contributed by atoms with Crippen LogP contribution in [0.4, 0.5) is 0 Å². The molecule has 0 radical (unpaired) electrons. The highest BCUT2D eigenvalue weighted by molar-refractivity contribution is 5.81. The Hall–Kier alpha value is -1.35. The molecule has 1 amide bonds. The molecule has 0 saturated carbocycles. The first-order chi connectivity index (χ1) is 10.4. The lowest BCUT2D eigenvalue weighted by Gasteiger charge is -2.37. The number of likely N-dealkylation sites (tertiary alicyclic amines) is 1. The Morgan fingerprint density at radius 2 is 1.77 bits per heavy atom. The second-order valence-electron chi connectivity index (χ2n) is 7.16. The van der Waals surface area contributed by atoms with Crippen molar-refractivity contribution < 1.29 is 4.79 Å². The van der Waals surface area contributed by atoms with Crippen molar-refractivity contribution in [3.63, 3.8) is 0 Å². The molecule has 4 unspecified atom stereocenters. The van der Waals surface area contributed by atoms with Gasteiger partial charge in [0.1, 0.15) is 0 Å². The van der Waals surface area contributed by atoms with Crippen LogP contribution in [-0.2, 0) is 4.79 Å². The Bertz CT molecular complexity index is 504. The van der Waals surface area contributed by atoms with E-state index >= 15 is 0 Å². The van der Waals surface area contributed by atoms with Crippen LogP contribution in [0.25, 0.3) is 0 Å². The number of nitrogens with one attached hydrogen (secondary N) is 1. The van der Waals surface area contributed by atoms with Crippen molar-refractivity contribution in [1.82, 2.24) is 10.2 Å². The van der Waals surface area contributed by atoms with E-state index in [0.717, 1.165) is 13.1 Å². The van der Waals surface area contributed by atoms with E-state index in [0.29, 0.717) is 11.8 Å². The lowest BCUT2D eigenvalue weighted by molar-refractivity contribution is -0.135. The summed E-state index contributed by atoms with van der Waals surface area (Å²) in [5.74, 6) is 1.45. The lowest BCUT2D eigenvalue weighted by Crippen LogP contribution is -2.50. The number of rotatable bonds is 4. The van der Waals surface area contributed by atoms with Gasteiger partial charge < -0.3 is 4.90 Å². The zero-order valence-corrected chi connectivity index (χ0v) is 14.6. The molecule has 22 heavy (non-hydrogen) atoms. The molecule has 4 atom stereocenters. The topological polar surface area (TPSA) is 32.3 Å². The van der Waals surface area contributed by atoms with Crippen LogP contribution in [0.15, 0.2) is 24.3 Å². The van der Waals surface area contributed by atoms with Crippen LogP contribution in [0.5, 0.6) is 0 Å². The molecule has 0 bridgehead atoms. The van der Waals surface area contributed by atoms with E-state index in [1.807, 2.05) is 11.8 Å². The summed E-state index contributed by atoms with van der Waals surface area (Å²) in [5.41, 5.74) is 2.53. The highest BCUT2D eigenvalue weighted by atomic mass is 16.2. The number of amides is 1. The number of nitrogens with zero attached hydrogens (tertiary/aromatic N) is 1. The van der Waals surface area contributed by atoms with E-state index < -0.39 is 0 Å². The first-order valence-electron chi connectivity index (χ1n) is 8.48. The third-order valence-electron chi connectivity index (χ3n) is 4.71. The molecule has 1 aromatic rings. The fourth-order valence-corrected chi connectivity index (χ4v) is 3.73. The minimum absolute atomic E-state index is 0.146. The maximum atomic E-state index is 12.7. The first kappa shape index (κ1) is 17.0. The van der Waals surface area contributed by atoms with Gasteiger partial charge in [0.25, 0.3) is 0 Å². The summed E-state index contributed by atoms with van der Waals surface area (Å²) in [6.07, 6.45) is 1.23. The third-order valence-corrected chi connectivity index (χ3v) is 4.71. The van der Waals surface area contributed by atoms with E-state index in [9.17, 15) is 4.79 Å². The molecular formula is C19H30N2O. The monoisotopic (exact) mass is 302 g/mol. The summed E-state index contributed by atoms with van der Waals surface area (Å²) in [6.45, 7) is 12.5. The summed E-state index contributed by atoms with van der Waals surface area (Å²) in [5, 5.41) is 3.47. The molecule has 2 rings (SSSR count). The normalized spacial score (nSPS) is 24.9. The molecule has 0 aromatic heterocycles. The van der Waals surface area contributed by atoms with Gasteiger partial charge in [0.05, 0.1) is 6.04 Å². The molecule has 1 fully saturated rings. The second kappa shape index (κ2) is 7.28. The van der Waals surface area contributed by atoms with Gasteiger partial charge in [-0.15, -0.1) is 0 Å². The summed E-state index contributed by atoms with van der Waals surface area (Å²) in [4.78, 5) is 14.7. The van der Waals surface area contributed by atoms with Crippen molar-refractivity contribution in [2.45, 2.75) is 53.1 Å². The van der Waals surface area contributed by atoms with Crippen molar-refractivity contribution in [1.29, 1.82) is 0 Å². The van der Waals surface area contributed by atoms with Crippen molar-refractivity contribution in [3.05, 3.63) is 35.4 Å². The Labute approximate surface area is 135 Å². The Kier molecular flexibility index (Phi) is 5.63. The Morgan fingerprint density at radius 1 is 1.18 bits per heavy atom. The number of piperidine rings is 1. The summed E-state index contributed by atoms with van der Waals surface area (Å²) in [7, 11) is 0. The van der Waals surface area contributed by atoms with Gasteiger partial charge >= 0.3 is 0 Å². The van der Waals surface area contributed by atoms with Gasteiger partial charge in [0, 0.05) is 19.1 Å². The maximum absolute atomic E-state index is 12.7. The van der Waals surface area contributed by atoms with Gasteiger partial charge in [-0.3, -0.25) is 10.1 Å². The van der Waals surface area contributed by atoms with Crippen molar-refractivity contribution >= 4 is 5.91 Å². The second-order valence-corrected chi connectivity index (χ2v) is 7.16. The molecule has 0 spiro atoms. The third kappa shape index (κ3) is 4.10. The number of carbonyl (C=O) groups is 1. The molecule has 1 saturated heterocycles. The minimum Gasteiger partial charge on any atom is -0.341 e. The van der Waals surface area contributed by atoms with Crippen molar-refractivity contribution in [2.24, 2.45) is 11.8 Å². The summed E-state index contributed by atoms with van der Waals surface area (Å²) < 4.78 is 0. The van der Waals surface area contributed by atoms with E-state index in [-0.39, 0.29) is 18.0 Å². The van der Waals surface area contributed by atoms with Crippen LogP contribution in [0.1, 0.15) is 51.3 Å². The van der Waals surface area contributed by atoms with Gasteiger partial charge in [-0.05, 0) is 50.2 Å². The van der Waals surface area contributed by atoms with Gasteiger partial charge in [-0.2, -0.15) is 0 Å². The molecule has 122 valence electrons. The van der Waals surface area contributed by atoms with Crippen molar-refractivity contribution in [3.8, 4) is 0 Å². The largest absolute Gasteiger partial charge is 0.341 e. The fraction of sp³-hybridized carbons (Fsp3) is 0.632. The van der Waals surface area contributed by atoms with Crippen LogP contribution >= 0.6 is 0 Å². The highest BCUT2D eigenvalue weighted by Gasteiger charge is 2.28. The van der Waals surface area contributed by atoms with Gasteiger partial charge in [-0.25, -0.2) is 0 Å². The van der Waals surface area contributed by atoms with Crippen LogP contribution < -0.4 is 5.32 Å². The number of hydrogen-bond acceptors (Lipinski definition) is 2. The van der Waals surface area contributed by atoms with Crippen LogP contribution in [-0.4, -0.2) is 29.9 Å². The van der Waals surface area contributed by atoms with E-state index in [2.05, 4.69) is 57.3 Å². The predicted octanol–water partition coefficient (Wildman–Crippen LogP) is 3.54. The van der Waals surface area contributed by atoms with Gasteiger partial charge in [-0.1, -0.05) is 38.1 Å². The predicted molar refractivity (Wildman–Crippen MR) is 91.7 cm³/mol. The van der Waals surface area contributed by atoms with Gasteiger partial charge in [0.2, 0.25) is 5.91 Å². The Balaban J connectivity index is 1.98. The summed E-state index contributed by atoms with van der Waals surface area (Å²) >= 11 is 0. The molecule has 1 aliphatic heterocycles. The van der Waals surface area contributed by atoms with E-state index in [4.69, 9.17) is 0 Å². The molecule has 0 aliphatic carbocycles. The number of carbonyl (C=O) groups excluding carboxylic acids is 1. The number of benzene rings is 1. The zero-order chi connectivity index (χ0) is 16.3. The summed E-state index contributed by atoms with van der Waals surface area (Å²) in [6, 6.07) is 8.40. The quantitative estimate of drug-likeness (QED) is 0.922. The first-order valence-corrected chi connectivity index (χ1v) is 8.48. The average Bonchev–Trinajstić information content (AvgIpc) is 2.45. The molecule has 1 heterocycles. The van der Waals surface area contributed by atoms with E-state index in [1.54, 1.807) is 0 Å². The average molecular weight is 302 g/mol. The van der Waals surface area contributed by atoms with Crippen LogP contribution in [0.2, 0.25) is 0 Å². The maximum Gasteiger partial charge on any atom is 0.239 e. The van der Waals surface area contributed by atoms with Crippen LogP contribution in [0.3, 0.4) is 0 Å². The van der Waals surface area contributed by atoms with Gasteiger partial charge in [0.15, 0.2) is 0 Å². The number of aryl methyl sites for hydroxylation is 1. The lowest BCUT2D eigenvalue weighted by atomic mass is 9.91. The molecular weight excluding hydrogens is 272 g/mol. The van der Waals surface area contributed by atoms with Crippen LogP contribution in [0, 0.1) is 18.8 Å². The highest BCUT2D eigenvalue weighted by Crippen LogP contribution is 2.22. The molecule has 1 N–H and O–H groups in total. The zero-order valence-electron chi connectivity index (χ0n) is 14.6. The minimum atomic E-state index is -0.146. The molecule has 1 aromatic carbocycles. The smallest absolute Gasteiger partial charge is 0.239 e. The van der Waals surface area contributed by atoms with E-state index in [1.165, 1.54) is 17.5 Å². The van der Waals surface area contributed by atoms with Crippen molar-refractivity contribution in [2.75, 3.05) is 13.1 Å². The molecule has 3 nitrogen and oxygen atoms in total. The number of hydrogen-bond donors (Lipinski definition) is 1. The fourth-order valence-electron chi connectivity index (χ4n) is 3.73. The standard InChI is InChI=1S/C19H30N2O/c1-13-10-14(2)12-21(11-13)19(22)17(5)20-16(4)18-9-7-6-8-15(18)3/h6-9,13-14,16-17,20H,10-12H2,1-5H3. The Morgan fingerprint density at radius 3 is 2.36 bits per heavy atom. The SMILES string of the molecule is Cc1ccccc1C(C)NC(C)C(=O)N1CC(C)CC(C)C1. The molecule has 1 aliphatic rings.